The van der Waals surface area contributed by atoms with E-state index in [1.807, 2.05) is 0 Å². The number of halogens is 1. The lowest BCUT2D eigenvalue weighted by atomic mass is 10.0. The maximum Gasteiger partial charge on any atom is 0.409 e. The lowest BCUT2D eigenvalue weighted by molar-refractivity contribution is -0.385. The van der Waals surface area contributed by atoms with E-state index in [-0.39, 0.29) is 22.1 Å². The first kappa shape index (κ1) is 19.6. The van der Waals surface area contributed by atoms with Crippen LogP contribution in [0.2, 0.25) is 5.02 Å². The van der Waals surface area contributed by atoms with Crippen molar-refractivity contribution in [2.75, 3.05) is 19.0 Å². The largest absolute Gasteiger partial charge is 0.453 e. The minimum Gasteiger partial charge on any atom is -0.453 e. The quantitative estimate of drug-likeness (QED) is 0.597. The molecule has 0 saturated carbocycles. The Hall–Kier alpha value is -3.16. The third kappa shape index (κ3) is 3.62. The van der Waals surface area contributed by atoms with Crippen molar-refractivity contribution in [1.82, 2.24) is 4.90 Å². The van der Waals surface area contributed by atoms with Crippen LogP contribution < -0.4 is 5.32 Å². The number of methoxy groups -OCH3 is 1. The van der Waals surface area contributed by atoms with Crippen LogP contribution in [0.4, 0.5) is 15.5 Å². The second-order valence-corrected chi connectivity index (χ2v) is 7.38. The summed E-state index contributed by atoms with van der Waals surface area (Å²) in [6.07, 6.45) is -0.0329. The molecule has 2 amide bonds. The first-order valence-electron chi connectivity index (χ1n) is 7.98. The van der Waals surface area contributed by atoms with Gasteiger partial charge in [0.25, 0.3) is 11.6 Å². The predicted octanol–water partition coefficient (Wildman–Crippen LogP) is 3.56. The molecule has 1 aromatic carbocycles. The van der Waals surface area contributed by atoms with Gasteiger partial charge >= 0.3 is 6.09 Å². The second kappa shape index (κ2) is 7.84. The molecule has 1 aliphatic rings. The molecule has 0 saturated heterocycles. The van der Waals surface area contributed by atoms with Crippen molar-refractivity contribution in [3.63, 3.8) is 0 Å². The zero-order valence-corrected chi connectivity index (χ0v) is 16.1. The summed E-state index contributed by atoms with van der Waals surface area (Å²) < 4.78 is 4.72. The predicted molar refractivity (Wildman–Crippen MR) is 102 cm³/mol. The van der Waals surface area contributed by atoms with Gasteiger partial charge in [0.1, 0.15) is 16.6 Å². The van der Waals surface area contributed by atoms with Crippen LogP contribution in [0.1, 0.15) is 26.4 Å². The molecule has 9 nitrogen and oxygen atoms in total. The highest BCUT2D eigenvalue weighted by Gasteiger charge is 2.29. The summed E-state index contributed by atoms with van der Waals surface area (Å²) in [7, 11) is 1.29. The third-order valence-corrected chi connectivity index (χ3v) is 5.60. The topological polar surface area (TPSA) is 126 Å². The van der Waals surface area contributed by atoms with E-state index in [1.165, 1.54) is 24.1 Å². The molecule has 11 heteroatoms. The number of thiophene rings is 1. The molecule has 0 spiro atoms. The van der Waals surface area contributed by atoms with E-state index in [0.29, 0.717) is 18.5 Å². The zero-order chi connectivity index (χ0) is 20.4. The summed E-state index contributed by atoms with van der Waals surface area (Å²) in [5.74, 6) is -0.742. The molecule has 0 fully saturated rings. The highest BCUT2D eigenvalue weighted by Crippen LogP contribution is 2.37. The number of ether oxygens (including phenoxy) is 1. The monoisotopic (exact) mass is 420 g/mol. The molecule has 28 heavy (non-hydrogen) atoms. The molecule has 1 aliphatic heterocycles. The number of nitro benzene ring substituents is 1. The van der Waals surface area contributed by atoms with Crippen molar-refractivity contribution in [2.45, 2.75) is 13.0 Å². The van der Waals surface area contributed by atoms with Gasteiger partial charge in [0.05, 0.1) is 24.1 Å². The fraction of sp³-hybridized carbons (Fsp3) is 0.235. The number of carbonyl (C=O) groups excluding carboxylic acids is 2. The molecule has 0 atom stereocenters. The summed E-state index contributed by atoms with van der Waals surface area (Å²) in [5, 5.41) is 23.7. The number of anilines is 1. The van der Waals surface area contributed by atoms with E-state index >= 15 is 0 Å². The van der Waals surface area contributed by atoms with Gasteiger partial charge in [0, 0.05) is 22.5 Å². The number of nitro groups is 1. The minimum absolute atomic E-state index is 0.176. The van der Waals surface area contributed by atoms with Crippen molar-refractivity contribution in [2.24, 2.45) is 0 Å². The van der Waals surface area contributed by atoms with Gasteiger partial charge in [-0.25, -0.2) is 4.79 Å². The number of amides is 2. The van der Waals surface area contributed by atoms with Gasteiger partial charge in [-0.3, -0.25) is 14.9 Å². The summed E-state index contributed by atoms with van der Waals surface area (Å²) in [6.45, 7) is 0.646. The Kier molecular flexibility index (Phi) is 5.48. The van der Waals surface area contributed by atoms with Crippen LogP contribution in [0, 0.1) is 21.4 Å². The van der Waals surface area contributed by atoms with Crippen molar-refractivity contribution in [3.05, 3.63) is 54.9 Å². The molecule has 0 radical (unpaired) electrons. The maximum absolute atomic E-state index is 12.6. The average molecular weight is 421 g/mol. The maximum atomic E-state index is 12.6. The van der Waals surface area contributed by atoms with Crippen LogP contribution in [-0.4, -0.2) is 35.5 Å². The van der Waals surface area contributed by atoms with Gasteiger partial charge in [-0.1, -0.05) is 11.6 Å². The molecule has 3 rings (SSSR count). The Bertz CT molecular complexity index is 1030. The fourth-order valence-corrected chi connectivity index (χ4v) is 4.30. The molecular weight excluding hydrogens is 408 g/mol. The van der Waals surface area contributed by atoms with Crippen molar-refractivity contribution < 1.29 is 19.2 Å². The fourth-order valence-electron chi connectivity index (χ4n) is 2.91. The number of carbonyl (C=O) groups is 2. The van der Waals surface area contributed by atoms with E-state index in [0.717, 1.165) is 27.8 Å². The standard InChI is InChI=1S/C17H13ClN4O5S/c1-27-17(24)21-5-4-10-12(7-19)16(28-14(10)8-21)20-15(23)11-6-9(18)2-3-13(11)22(25)26/h2-3,6H,4-5,8H2,1H3,(H,20,23). The molecule has 2 aromatic rings. The number of nitrogens with one attached hydrogen (secondary N) is 1. The number of nitrogens with zero attached hydrogens (tertiary/aromatic N) is 3. The highest BCUT2D eigenvalue weighted by atomic mass is 35.5. The summed E-state index contributed by atoms with van der Waals surface area (Å²) in [6, 6.07) is 5.74. The third-order valence-electron chi connectivity index (χ3n) is 4.23. The highest BCUT2D eigenvalue weighted by molar-refractivity contribution is 7.16. The Morgan fingerprint density at radius 3 is 2.86 bits per heavy atom. The summed E-state index contributed by atoms with van der Waals surface area (Å²) in [4.78, 5) is 37.1. The Morgan fingerprint density at radius 1 is 1.46 bits per heavy atom. The Labute approximate surface area is 168 Å². The van der Waals surface area contributed by atoms with Gasteiger partial charge in [0.2, 0.25) is 0 Å². The number of rotatable bonds is 3. The lowest BCUT2D eigenvalue weighted by Crippen LogP contribution is -2.35. The van der Waals surface area contributed by atoms with Crippen LogP contribution in [0.5, 0.6) is 0 Å². The zero-order valence-electron chi connectivity index (χ0n) is 14.5. The molecule has 2 heterocycles. The molecule has 144 valence electrons. The normalized spacial score (nSPS) is 12.7. The molecular formula is C17H13ClN4O5S. The first-order chi connectivity index (χ1) is 13.3. The van der Waals surface area contributed by atoms with Crippen molar-refractivity contribution >= 4 is 45.6 Å². The van der Waals surface area contributed by atoms with E-state index in [1.54, 1.807) is 0 Å². The van der Waals surface area contributed by atoms with Gasteiger partial charge in [-0.15, -0.1) is 11.3 Å². The van der Waals surface area contributed by atoms with Gasteiger partial charge in [0.15, 0.2) is 0 Å². The smallest absolute Gasteiger partial charge is 0.409 e. The summed E-state index contributed by atoms with van der Waals surface area (Å²) >= 11 is 7.02. The van der Waals surface area contributed by atoms with E-state index in [4.69, 9.17) is 16.3 Å². The van der Waals surface area contributed by atoms with Crippen LogP contribution in [-0.2, 0) is 17.7 Å². The van der Waals surface area contributed by atoms with Crippen LogP contribution in [0.25, 0.3) is 0 Å². The molecule has 1 aromatic heterocycles. The van der Waals surface area contributed by atoms with Gasteiger partial charge in [-0.2, -0.15) is 5.26 Å². The average Bonchev–Trinajstić information content (AvgIpc) is 3.02. The number of benzene rings is 1. The Morgan fingerprint density at radius 2 is 2.21 bits per heavy atom. The van der Waals surface area contributed by atoms with Crippen molar-refractivity contribution in [1.29, 1.82) is 5.26 Å². The molecule has 0 unspecified atom stereocenters. The molecule has 0 aliphatic carbocycles. The number of hydrogen-bond donors (Lipinski definition) is 1. The molecule has 0 bridgehead atoms. The van der Waals surface area contributed by atoms with Gasteiger partial charge in [-0.05, 0) is 24.1 Å². The SMILES string of the molecule is COC(=O)N1CCc2c(sc(NC(=O)c3cc(Cl)ccc3[N+](=O)[O-])c2C#N)C1. The van der Waals surface area contributed by atoms with E-state index in [2.05, 4.69) is 11.4 Å². The number of fused-ring (bicyclic) bond motifs is 1. The first-order valence-corrected chi connectivity index (χ1v) is 9.18. The van der Waals surface area contributed by atoms with E-state index < -0.39 is 22.6 Å². The Balaban J connectivity index is 1.92. The summed E-state index contributed by atoms with van der Waals surface area (Å²) in [5.41, 5.74) is 0.452. The second-order valence-electron chi connectivity index (χ2n) is 5.83. The number of nitriles is 1. The van der Waals surface area contributed by atoms with Gasteiger partial charge < -0.3 is 15.0 Å². The lowest BCUT2D eigenvalue weighted by Gasteiger charge is -2.25. The van der Waals surface area contributed by atoms with E-state index in [9.17, 15) is 25.0 Å². The minimum atomic E-state index is -0.742. The number of hydrogen-bond acceptors (Lipinski definition) is 7. The van der Waals surface area contributed by atoms with Crippen LogP contribution in [0.15, 0.2) is 18.2 Å². The van der Waals surface area contributed by atoms with Crippen LogP contribution in [0.3, 0.4) is 0 Å². The molecule has 1 N–H and O–H groups in total. The van der Waals surface area contributed by atoms with Crippen LogP contribution >= 0.6 is 22.9 Å². The van der Waals surface area contributed by atoms with Crippen molar-refractivity contribution in [3.8, 4) is 6.07 Å².